The van der Waals surface area contributed by atoms with Gasteiger partial charge in [-0.25, -0.2) is 9.37 Å². The Morgan fingerprint density at radius 1 is 1.32 bits per heavy atom. The van der Waals surface area contributed by atoms with Crippen LogP contribution in [-0.2, 0) is 4.79 Å². The smallest absolute Gasteiger partial charge is 0.226 e. The number of anilines is 2. The largest absolute Gasteiger partial charge is 0.367 e. The Bertz CT molecular complexity index is 691. The molecule has 1 heterocycles. The van der Waals surface area contributed by atoms with Crippen LogP contribution in [0.5, 0.6) is 0 Å². The lowest BCUT2D eigenvalue weighted by atomic mass is 10.1. The molecule has 0 saturated carbocycles. The average molecular weight is 322 g/mol. The van der Waals surface area contributed by atoms with E-state index in [1.165, 1.54) is 12.3 Å². The number of hydrogen-bond acceptors (Lipinski definition) is 3. The lowest BCUT2D eigenvalue weighted by Crippen LogP contribution is -2.17. The van der Waals surface area contributed by atoms with Gasteiger partial charge in [0.15, 0.2) is 11.6 Å². The van der Waals surface area contributed by atoms with Gasteiger partial charge in [-0.3, -0.25) is 4.79 Å². The number of carbonyl (C=O) groups is 1. The van der Waals surface area contributed by atoms with Gasteiger partial charge >= 0.3 is 0 Å². The molecular formula is C16H17ClFN3O. The van der Waals surface area contributed by atoms with Crippen molar-refractivity contribution < 1.29 is 9.18 Å². The molecule has 2 aromatic rings. The molecule has 0 aliphatic carbocycles. The Kier molecular flexibility index (Phi) is 5.33. The molecule has 0 fully saturated rings. The molecule has 0 unspecified atom stereocenters. The SMILES string of the molecule is Cc1ccc(NC(=O)CCNc2ncc(Cl)cc2F)c(C)c1. The second-order valence-electron chi connectivity index (χ2n) is 5.03. The van der Waals surface area contributed by atoms with Gasteiger partial charge in [0.25, 0.3) is 0 Å². The summed E-state index contributed by atoms with van der Waals surface area (Å²) in [4.78, 5) is 15.7. The van der Waals surface area contributed by atoms with E-state index >= 15 is 0 Å². The van der Waals surface area contributed by atoms with Gasteiger partial charge in [-0.15, -0.1) is 0 Å². The zero-order valence-electron chi connectivity index (χ0n) is 12.4. The minimum absolute atomic E-state index is 0.0868. The molecule has 0 aliphatic heterocycles. The van der Waals surface area contributed by atoms with Crippen LogP contribution in [0.25, 0.3) is 0 Å². The van der Waals surface area contributed by atoms with Gasteiger partial charge in [0.05, 0.1) is 5.02 Å². The molecule has 0 spiro atoms. The highest BCUT2D eigenvalue weighted by Crippen LogP contribution is 2.17. The van der Waals surface area contributed by atoms with Crippen LogP contribution in [0.4, 0.5) is 15.9 Å². The van der Waals surface area contributed by atoms with Gasteiger partial charge in [-0.2, -0.15) is 0 Å². The summed E-state index contributed by atoms with van der Waals surface area (Å²) < 4.78 is 13.5. The normalized spacial score (nSPS) is 10.4. The second kappa shape index (κ2) is 7.22. The van der Waals surface area contributed by atoms with Crippen LogP contribution in [-0.4, -0.2) is 17.4 Å². The lowest BCUT2D eigenvalue weighted by molar-refractivity contribution is -0.115. The van der Waals surface area contributed by atoms with Gasteiger partial charge < -0.3 is 10.6 Å². The molecule has 1 aromatic carbocycles. The number of nitrogens with one attached hydrogen (secondary N) is 2. The Labute approximate surface area is 133 Å². The molecule has 2 rings (SSSR count). The first-order valence-electron chi connectivity index (χ1n) is 6.88. The third-order valence-electron chi connectivity index (χ3n) is 3.11. The van der Waals surface area contributed by atoms with Crippen LogP contribution in [0.2, 0.25) is 5.02 Å². The van der Waals surface area contributed by atoms with E-state index in [9.17, 15) is 9.18 Å². The second-order valence-corrected chi connectivity index (χ2v) is 5.46. The first kappa shape index (κ1) is 16.2. The van der Waals surface area contributed by atoms with Crippen molar-refractivity contribution >= 4 is 29.0 Å². The number of nitrogens with zero attached hydrogens (tertiary/aromatic N) is 1. The summed E-state index contributed by atoms with van der Waals surface area (Å²) in [6.45, 7) is 4.21. The molecule has 0 radical (unpaired) electrons. The van der Waals surface area contributed by atoms with Gasteiger partial charge in [0, 0.05) is 24.8 Å². The summed E-state index contributed by atoms with van der Waals surface area (Å²) in [5.74, 6) is -0.597. The Hall–Kier alpha value is -2.14. The zero-order chi connectivity index (χ0) is 16.1. The zero-order valence-corrected chi connectivity index (χ0v) is 13.2. The van der Waals surface area contributed by atoms with Crippen molar-refractivity contribution in [3.05, 3.63) is 52.4 Å². The number of rotatable bonds is 5. The molecule has 0 aliphatic rings. The number of carbonyl (C=O) groups excluding carboxylic acids is 1. The molecule has 6 heteroatoms. The van der Waals surface area contributed by atoms with E-state index in [4.69, 9.17) is 11.6 Å². The maximum absolute atomic E-state index is 13.5. The van der Waals surface area contributed by atoms with Crippen molar-refractivity contribution in [1.82, 2.24) is 4.98 Å². The molecule has 0 saturated heterocycles. The van der Waals surface area contributed by atoms with Crippen LogP contribution >= 0.6 is 11.6 Å². The van der Waals surface area contributed by atoms with Crippen LogP contribution < -0.4 is 10.6 Å². The van der Waals surface area contributed by atoms with E-state index in [0.717, 1.165) is 16.8 Å². The van der Waals surface area contributed by atoms with E-state index in [1.54, 1.807) is 0 Å². The molecule has 1 aromatic heterocycles. The summed E-state index contributed by atoms with van der Waals surface area (Å²) in [6.07, 6.45) is 1.56. The maximum atomic E-state index is 13.5. The van der Waals surface area contributed by atoms with E-state index in [2.05, 4.69) is 15.6 Å². The number of amides is 1. The Morgan fingerprint density at radius 2 is 2.09 bits per heavy atom. The lowest BCUT2D eigenvalue weighted by Gasteiger charge is -2.10. The van der Waals surface area contributed by atoms with Crippen molar-refractivity contribution in [3.8, 4) is 0 Å². The van der Waals surface area contributed by atoms with Gasteiger partial charge in [0.1, 0.15) is 0 Å². The highest BCUT2D eigenvalue weighted by molar-refractivity contribution is 6.30. The van der Waals surface area contributed by atoms with Gasteiger partial charge in [-0.1, -0.05) is 29.3 Å². The quantitative estimate of drug-likeness (QED) is 0.877. The highest BCUT2D eigenvalue weighted by Gasteiger charge is 2.07. The summed E-state index contributed by atoms with van der Waals surface area (Å²) >= 11 is 5.62. The summed E-state index contributed by atoms with van der Waals surface area (Å²) in [6, 6.07) is 6.98. The molecule has 1 amide bonds. The third-order valence-corrected chi connectivity index (χ3v) is 3.32. The fourth-order valence-electron chi connectivity index (χ4n) is 2.01. The van der Waals surface area contributed by atoms with Crippen molar-refractivity contribution in [3.63, 3.8) is 0 Å². The number of halogens is 2. The molecule has 4 nitrogen and oxygen atoms in total. The van der Waals surface area contributed by atoms with Crippen LogP contribution in [0.15, 0.2) is 30.5 Å². The molecule has 2 N–H and O–H groups in total. The fourth-order valence-corrected chi connectivity index (χ4v) is 2.15. The molecule has 116 valence electrons. The monoisotopic (exact) mass is 321 g/mol. The van der Waals surface area contributed by atoms with Crippen molar-refractivity contribution in [1.29, 1.82) is 0 Å². The summed E-state index contributed by atoms with van der Waals surface area (Å²) in [7, 11) is 0. The average Bonchev–Trinajstić information content (AvgIpc) is 2.44. The van der Waals surface area contributed by atoms with Crippen molar-refractivity contribution in [2.24, 2.45) is 0 Å². The molecular weight excluding hydrogens is 305 g/mol. The van der Waals surface area contributed by atoms with E-state index in [-0.39, 0.29) is 29.7 Å². The number of aryl methyl sites for hydroxylation is 2. The predicted octanol–water partition coefficient (Wildman–Crippen LogP) is 3.93. The van der Waals surface area contributed by atoms with Gasteiger partial charge in [0.2, 0.25) is 5.91 Å². The fraction of sp³-hybridized carbons (Fsp3) is 0.250. The molecule has 22 heavy (non-hydrogen) atoms. The van der Waals surface area contributed by atoms with E-state index < -0.39 is 5.82 Å². The van der Waals surface area contributed by atoms with Crippen LogP contribution in [0.1, 0.15) is 17.5 Å². The topological polar surface area (TPSA) is 54.0 Å². The minimum atomic E-state index is -0.540. The van der Waals surface area contributed by atoms with Crippen molar-refractivity contribution in [2.45, 2.75) is 20.3 Å². The number of pyridine rings is 1. The highest BCUT2D eigenvalue weighted by atomic mass is 35.5. The summed E-state index contributed by atoms with van der Waals surface area (Å²) in [5, 5.41) is 5.84. The van der Waals surface area contributed by atoms with E-state index in [0.29, 0.717) is 0 Å². The maximum Gasteiger partial charge on any atom is 0.226 e. The number of aromatic nitrogens is 1. The van der Waals surface area contributed by atoms with Crippen molar-refractivity contribution in [2.75, 3.05) is 17.2 Å². The predicted molar refractivity (Wildman–Crippen MR) is 86.9 cm³/mol. The number of hydrogen-bond donors (Lipinski definition) is 2. The minimum Gasteiger partial charge on any atom is -0.367 e. The number of benzene rings is 1. The first-order valence-corrected chi connectivity index (χ1v) is 7.25. The Balaban J connectivity index is 1.85. The Morgan fingerprint density at radius 3 is 2.77 bits per heavy atom. The summed E-state index contributed by atoms with van der Waals surface area (Å²) in [5.41, 5.74) is 2.93. The standard InChI is InChI=1S/C16H17ClFN3O/c1-10-3-4-14(11(2)7-10)21-15(22)5-6-19-16-13(18)8-12(17)9-20-16/h3-4,7-9H,5-6H2,1-2H3,(H,19,20)(H,21,22). The van der Waals surface area contributed by atoms with Crippen LogP contribution in [0.3, 0.4) is 0 Å². The van der Waals surface area contributed by atoms with Gasteiger partial charge in [-0.05, 0) is 31.5 Å². The third kappa shape index (κ3) is 4.43. The molecule has 0 atom stereocenters. The first-order chi connectivity index (χ1) is 10.5. The van der Waals surface area contributed by atoms with Crippen LogP contribution in [0, 0.1) is 19.7 Å². The van der Waals surface area contributed by atoms with E-state index in [1.807, 2.05) is 32.0 Å². The molecule has 0 bridgehead atoms.